The molecule has 224 valence electrons. The number of carboxylic acid groups (broad SMARTS) is 1. The average Bonchev–Trinajstić information content (AvgIpc) is 3.40. The van der Waals surface area contributed by atoms with Crippen LogP contribution in [0.2, 0.25) is 0 Å². The highest BCUT2D eigenvalue weighted by Crippen LogP contribution is 2.38. The molecule has 1 aliphatic heterocycles. The molecule has 0 spiro atoms. The topological polar surface area (TPSA) is 110 Å². The highest BCUT2D eigenvalue weighted by Gasteiger charge is 2.36. The Balaban J connectivity index is 1.26. The van der Waals surface area contributed by atoms with Gasteiger partial charge in [0.1, 0.15) is 30.3 Å². The van der Waals surface area contributed by atoms with Crippen LogP contribution in [0.4, 0.5) is 0 Å². The normalized spacial score (nSPS) is 16.2. The first-order valence-corrected chi connectivity index (χ1v) is 16.8. The summed E-state index contributed by atoms with van der Waals surface area (Å²) in [6.07, 6.45) is 0.328. The molecule has 2 heterocycles. The molecule has 9 heteroatoms. The van der Waals surface area contributed by atoms with Crippen LogP contribution in [0.1, 0.15) is 48.8 Å². The highest BCUT2D eigenvalue weighted by atomic mass is 32.2. The second kappa shape index (κ2) is 12.8. The van der Waals surface area contributed by atoms with Gasteiger partial charge in [0.15, 0.2) is 9.84 Å². The smallest absolute Gasteiger partial charge is 0.304 e. The summed E-state index contributed by atoms with van der Waals surface area (Å²) in [6, 6.07) is 19.6. The van der Waals surface area contributed by atoms with Crippen molar-refractivity contribution in [1.29, 1.82) is 0 Å². The minimum absolute atomic E-state index is 0.0148. The molecular weight excluding hydrogens is 585 g/mol. The largest absolute Gasteiger partial charge is 0.491 e. The summed E-state index contributed by atoms with van der Waals surface area (Å²) in [5.41, 5.74) is 3.98. The van der Waals surface area contributed by atoms with Crippen LogP contribution in [0.25, 0.3) is 21.2 Å². The zero-order valence-electron chi connectivity index (χ0n) is 24.1. The third-order valence-electron chi connectivity index (χ3n) is 7.78. The molecule has 0 saturated carbocycles. The van der Waals surface area contributed by atoms with Crippen molar-refractivity contribution in [1.82, 2.24) is 0 Å². The van der Waals surface area contributed by atoms with Crippen LogP contribution in [-0.4, -0.2) is 48.3 Å². The SMILES string of the molecule is CC#C[C@@H](CC(=O)O)c1ccc(OCc2ccc3scc(-c4ccc(OCC5(O)CCS(=O)(=O)CC5)cc4C)c3c2)cc1. The standard InChI is InChI=1S/C34H34O7S2/c1-3-4-26(19-33(35)36)25-6-8-27(9-7-25)40-20-24-5-12-32-30(18-24)31(21-42-32)29-11-10-28(17-23(29)2)41-22-34(37)13-15-43(38,39)16-14-34/h5-12,17-18,21,26,37H,13-16,19-20,22H2,1-2H3,(H,35,36)/t26-/m0/s1. The van der Waals surface area contributed by atoms with Crippen molar-refractivity contribution in [3.63, 3.8) is 0 Å². The highest BCUT2D eigenvalue weighted by molar-refractivity contribution is 7.91. The van der Waals surface area contributed by atoms with Gasteiger partial charge in [0.05, 0.1) is 23.8 Å². The van der Waals surface area contributed by atoms with Crippen molar-refractivity contribution in [2.24, 2.45) is 0 Å². The van der Waals surface area contributed by atoms with E-state index in [1.807, 2.05) is 49.4 Å². The van der Waals surface area contributed by atoms with Gasteiger partial charge in [0.2, 0.25) is 0 Å². The Morgan fingerprint density at radius 1 is 1.00 bits per heavy atom. The number of fused-ring (bicyclic) bond motifs is 1. The van der Waals surface area contributed by atoms with E-state index in [1.54, 1.807) is 18.3 Å². The number of carboxylic acids is 1. The van der Waals surface area contributed by atoms with E-state index < -0.39 is 21.4 Å². The fourth-order valence-electron chi connectivity index (χ4n) is 5.25. The summed E-state index contributed by atoms with van der Waals surface area (Å²) in [4.78, 5) is 11.2. The molecule has 1 atom stereocenters. The van der Waals surface area contributed by atoms with E-state index >= 15 is 0 Å². The lowest BCUT2D eigenvalue weighted by atomic mass is 9.96. The molecule has 0 radical (unpaired) electrons. The number of hydrogen-bond acceptors (Lipinski definition) is 7. The van der Waals surface area contributed by atoms with E-state index in [4.69, 9.17) is 9.47 Å². The molecule has 1 fully saturated rings. The Morgan fingerprint density at radius 3 is 2.40 bits per heavy atom. The Hall–Kier alpha value is -3.84. The lowest BCUT2D eigenvalue weighted by Gasteiger charge is -2.31. The monoisotopic (exact) mass is 618 g/mol. The number of aryl methyl sites for hydroxylation is 1. The number of aliphatic carboxylic acids is 1. The summed E-state index contributed by atoms with van der Waals surface area (Å²) < 4.78 is 36.6. The van der Waals surface area contributed by atoms with Gasteiger partial charge >= 0.3 is 5.97 Å². The number of hydrogen-bond donors (Lipinski definition) is 2. The van der Waals surface area contributed by atoms with Crippen molar-refractivity contribution < 1.29 is 32.9 Å². The Labute approximate surface area is 256 Å². The summed E-state index contributed by atoms with van der Waals surface area (Å²) >= 11 is 1.68. The Morgan fingerprint density at radius 2 is 1.72 bits per heavy atom. The van der Waals surface area contributed by atoms with Crippen molar-refractivity contribution in [3.05, 3.63) is 82.7 Å². The van der Waals surface area contributed by atoms with Gasteiger partial charge < -0.3 is 19.7 Å². The van der Waals surface area contributed by atoms with Crippen LogP contribution in [0, 0.1) is 18.8 Å². The van der Waals surface area contributed by atoms with Gasteiger partial charge in [0, 0.05) is 15.6 Å². The van der Waals surface area contributed by atoms with Crippen molar-refractivity contribution in [2.75, 3.05) is 18.1 Å². The van der Waals surface area contributed by atoms with Crippen LogP contribution in [-0.2, 0) is 21.2 Å². The van der Waals surface area contributed by atoms with Crippen LogP contribution in [0.5, 0.6) is 11.5 Å². The fourth-order valence-corrected chi connectivity index (χ4v) is 7.77. The number of rotatable bonds is 10. The average molecular weight is 619 g/mol. The van der Waals surface area contributed by atoms with Crippen molar-refractivity contribution >= 4 is 37.2 Å². The first-order chi connectivity index (χ1) is 20.5. The first kappa shape index (κ1) is 30.6. The van der Waals surface area contributed by atoms with Gasteiger partial charge in [-0.25, -0.2) is 8.42 Å². The quantitative estimate of drug-likeness (QED) is 0.199. The minimum atomic E-state index is -3.07. The van der Waals surface area contributed by atoms with Gasteiger partial charge in [0.25, 0.3) is 0 Å². The van der Waals surface area contributed by atoms with Gasteiger partial charge in [-0.15, -0.1) is 17.3 Å². The molecule has 2 N–H and O–H groups in total. The van der Waals surface area contributed by atoms with E-state index in [1.165, 1.54) is 4.70 Å². The minimum Gasteiger partial charge on any atom is -0.491 e. The van der Waals surface area contributed by atoms with E-state index in [0.29, 0.717) is 18.1 Å². The number of thiophene rings is 1. The molecule has 7 nitrogen and oxygen atoms in total. The second-order valence-corrected chi connectivity index (χ2v) is 14.2. The molecule has 3 aromatic carbocycles. The zero-order valence-corrected chi connectivity index (χ0v) is 25.8. The van der Waals surface area contributed by atoms with Gasteiger partial charge in [-0.05, 0) is 90.7 Å². The molecule has 0 amide bonds. The Kier molecular flexibility index (Phi) is 9.11. The molecule has 0 aliphatic carbocycles. The lowest BCUT2D eigenvalue weighted by Crippen LogP contribution is -2.43. The van der Waals surface area contributed by atoms with E-state index in [9.17, 15) is 23.4 Å². The fraction of sp³-hybridized carbons (Fsp3) is 0.324. The van der Waals surface area contributed by atoms with Crippen LogP contribution in [0.15, 0.2) is 66.0 Å². The number of sulfone groups is 1. The molecule has 1 aromatic heterocycles. The predicted molar refractivity (Wildman–Crippen MR) is 170 cm³/mol. The molecule has 1 saturated heterocycles. The number of ether oxygens (including phenoxy) is 2. The summed E-state index contributed by atoms with van der Waals surface area (Å²) in [6.45, 7) is 4.17. The number of carbonyl (C=O) groups is 1. The van der Waals surface area contributed by atoms with E-state index in [2.05, 4.69) is 35.4 Å². The third kappa shape index (κ3) is 7.57. The molecular formula is C34H34O7S2. The second-order valence-electron chi connectivity index (χ2n) is 11.0. The lowest BCUT2D eigenvalue weighted by molar-refractivity contribution is -0.137. The van der Waals surface area contributed by atoms with E-state index in [0.717, 1.165) is 33.2 Å². The molecule has 1 aliphatic rings. The summed E-state index contributed by atoms with van der Waals surface area (Å²) in [7, 11) is -3.07. The maximum absolute atomic E-state index is 11.7. The van der Waals surface area contributed by atoms with Crippen LogP contribution >= 0.6 is 11.3 Å². The van der Waals surface area contributed by atoms with Crippen molar-refractivity contribution in [2.45, 2.75) is 51.2 Å². The maximum Gasteiger partial charge on any atom is 0.304 e. The van der Waals surface area contributed by atoms with Gasteiger partial charge in [-0.3, -0.25) is 4.79 Å². The molecule has 4 aromatic rings. The Bertz CT molecular complexity index is 1780. The van der Waals surface area contributed by atoms with E-state index in [-0.39, 0.29) is 43.3 Å². The van der Waals surface area contributed by atoms with Gasteiger partial charge in [-0.2, -0.15) is 0 Å². The number of aliphatic hydroxyl groups is 1. The van der Waals surface area contributed by atoms with Gasteiger partial charge in [-0.1, -0.05) is 30.2 Å². The third-order valence-corrected chi connectivity index (χ3v) is 10.4. The molecule has 43 heavy (non-hydrogen) atoms. The first-order valence-electron chi connectivity index (χ1n) is 14.1. The summed E-state index contributed by atoms with van der Waals surface area (Å²) in [5, 5.41) is 23.2. The molecule has 0 unspecified atom stereocenters. The van der Waals surface area contributed by atoms with Crippen LogP contribution < -0.4 is 9.47 Å². The molecule has 0 bridgehead atoms. The maximum atomic E-state index is 11.7. The predicted octanol–water partition coefficient (Wildman–Crippen LogP) is 6.36. The van der Waals surface area contributed by atoms with Crippen LogP contribution in [0.3, 0.4) is 0 Å². The summed E-state index contributed by atoms with van der Waals surface area (Å²) in [5.74, 6) is 5.84. The molecule has 5 rings (SSSR count). The number of benzene rings is 3. The van der Waals surface area contributed by atoms with Crippen molar-refractivity contribution in [3.8, 4) is 34.5 Å². The zero-order chi connectivity index (χ0) is 30.6.